The van der Waals surface area contributed by atoms with Gasteiger partial charge in [-0.25, -0.2) is 4.39 Å². The standard InChI is InChI=1S/C13H20FNO2/c1-10(16)13-11(14)6-4-7-12(13)15(2)8-5-9-17-3/h4,6-7,10,16H,5,8-9H2,1-3H3. The van der Waals surface area contributed by atoms with E-state index in [4.69, 9.17) is 4.74 Å². The number of ether oxygens (including phenoxy) is 1. The number of hydrogen-bond donors (Lipinski definition) is 1. The second-order valence-electron chi connectivity index (χ2n) is 4.12. The lowest BCUT2D eigenvalue weighted by molar-refractivity contribution is 0.193. The van der Waals surface area contributed by atoms with Gasteiger partial charge in [-0.15, -0.1) is 0 Å². The van der Waals surface area contributed by atoms with Crippen LogP contribution in [0, 0.1) is 5.82 Å². The van der Waals surface area contributed by atoms with Crippen molar-refractivity contribution in [2.45, 2.75) is 19.4 Å². The van der Waals surface area contributed by atoms with Gasteiger partial charge in [-0.05, 0) is 25.5 Å². The minimum Gasteiger partial charge on any atom is -0.389 e. The smallest absolute Gasteiger partial charge is 0.131 e. The quantitative estimate of drug-likeness (QED) is 0.776. The molecule has 96 valence electrons. The minimum absolute atomic E-state index is 0.354. The number of nitrogens with zero attached hydrogens (tertiary/aromatic N) is 1. The molecule has 0 saturated carbocycles. The molecule has 0 amide bonds. The van der Waals surface area contributed by atoms with E-state index in [0.717, 1.165) is 18.7 Å². The molecular formula is C13H20FNO2. The molecule has 0 heterocycles. The molecule has 3 nitrogen and oxygen atoms in total. The van der Waals surface area contributed by atoms with E-state index in [0.29, 0.717) is 12.2 Å². The van der Waals surface area contributed by atoms with Crippen LogP contribution in [-0.2, 0) is 4.74 Å². The maximum Gasteiger partial charge on any atom is 0.131 e. The number of halogens is 1. The van der Waals surface area contributed by atoms with Crippen molar-refractivity contribution in [3.8, 4) is 0 Å². The molecule has 1 unspecified atom stereocenters. The molecule has 0 aromatic heterocycles. The molecule has 0 aliphatic carbocycles. The first-order valence-electron chi connectivity index (χ1n) is 5.74. The molecule has 0 bridgehead atoms. The maximum atomic E-state index is 13.6. The molecule has 1 aromatic rings. The highest BCUT2D eigenvalue weighted by atomic mass is 19.1. The lowest BCUT2D eigenvalue weighted by atomic mass is 10.1. The fraction of sp³-hybridized carbons (Fsp3) is 0.538. The van der Waals surface area contributed by atoms with Crippen molar-refractivity contribution in [3.05, 3.63) is 29.6 Å². The molecule has 0 fully saturated rings. The van der Waals surface area contributed by atoms with Crippen LogP contribution in [0.2, 0.25) is 0 Å². The molecule has 0 radical (unpaired) electrons. The summed E-state index contributed by atoms with van der Waals surface area (Å²) in [5.41, 5.74) is 1.09. The third kappa shape index (κ3) is 3.68. The summed E-state index contributed by atoms with van der Waals surface area (Å²) in [6.45, 7) is 3.01. The molecule has 1 N–H and O–H groups in total. The van der Waals surface area contributed by atoms with Crippen LogP contribution in [0.15, 0.2) is 18.2 Å². The first-order valence-corrected chi connectivity index (χ1v) is 5.74. The van der Waals surface area contributed by atoms with Gasteiger partial charge in [0.2, 0.25) is 0 Å². The average Bonchev–Trinajstić information content (AvgIpc) is 2.28. The molecule has 0 spiro atoms. The Morgan fingerprint density at radius 2 is 2.18 bits per heavy atom. The number of benzene rings is 1. The van der Waals surface area contributed by atoms with E-state index in [-0.39, 0.29) is 5.82 Å². The van der Waals surface area contributed by atoms with Crippen molar-refractivity contribution in [1.29, 1.82) is 0 Å². The number of methoxy groups -OCH3 is 1. The third-order valence-corrected chi connectivity index (χ3v) is 2.70. The molecular weight excluding hydrogens is 221 g/mol. The van der Waals surface area contributed by atoms with Gasteiger partial charge >= 0.3 is 0 Å². The van der Waals surface area contributed by atoms with Crippen LogP contribution < -0.4 is 4.90 Å². The van der Waals surface area contributed by atoms with Crippen molar-refractivity contribution < 1.29 is 14.2 Å². The molecule has 1 rings (SSSR count). The van der Waals surface area contributed by atoms with Gasteiger partial charge in [-0.2, -0.15) is 0 Å². The van der Waals surface area contributed by atoms with E-state index in [1.54, 1.807) is 20.1 Å². The summed E-state index contributed by atoms with van der Waals surface area (Å²) in [4.78, 5) is 1.93. The van der Waals surface area contributed by atoms with Crippen molar-refractivity contribution >= 4 is 5.69 Å². The summed E-state index contributed by atoms with van der Waals surface area (Å²) >= 11 is 0. The summed E-state index contributed by atoms with van der Waals surface area (Å²) in [5.74, 6) is -0.365. The van der Waals surface area contributed by atoms with Crippen molar-refractivity contribution in [2.75, 3.05) is 32.2 Å². The lowest BCUT2D eigenvalue weighted by Gasteiger charge is -2.23. The van der Waals surface area contributed by atoms with Crippen LogP contribution in [0.1, 0.15) is 25.0 Å². The number of anilines is 1. The van der Waals surface area contributed by atoms with Gasteiger partial charge < -0.3 is 14.7 Å². The van der Waals surface area contributed by atoms with Crippen molar-refractivity contribution in [1.82, 2.24) is 0 Å². The molecule has 4 heteroatoms. The number of hydrogen-bond acceptors (Lipinski definition) is 3. The fourth-order valence-corrected chi connectivity index (χ4v) is 1.84. The largest absolute Gasteiger partial charge is 0.389 e. The van der Waals surface area contributed by atoms with E-state index >= 15 is 0 Å². The van der Waals surface area contributed by atoms with Crippen molar-refractivity contribution in [2.24, 2.45) is 0 Å². The van der Waals surface area contributed by atoms with Gasteiger partial charge in [0, 0.05) is 38.6 Å². The number of aliphatic hydroxyl groups excluding tert-OH is 1. The van der Waals surface area contributed by atoms with E-state index < -0.39 is 6.10 Å². The maximum absolute atomic E-state index is 13.6. The average molecular weight is 241 g/mol. The monoisotopic (exact) mass is 241 g/mol. The Bertz CT molecular complexity index is 355. The highest BCUT2D eigenvalue weighted by Crippen LogP contribution is 2.28. The van der Waals surface area contributed by atoms with Gasteiger partial charge in [-0.1, -0.05) is 6.07 Å². The van der Waals surface area contributed by atoms with Gasteiger partial charge in [0.1, 0.15) is 5.82 Å². The van der Waals surface area contributed by atoms with Gasteiger partial charge in [0.05, 0.1) is 6.10 Å². The van der Waals surface area contributed by atoms with E-state index in [1.807, 2.05) is 18.0 Å². The molecule has 0 saturated heterocycles. The molecule has 1 atom stereocenters. The topological polar surface area (TPSA) is 32.7 Å². The van der Waals surface area contributed by atoms with E-state index in [2.05, 4.69) is 0 Å². The first-order chi connectivity index (χ1) is 8.07. The first kappa shape index (κ1) is 13.9. The molecule has 0 aliphatic heterocycles. The van der Waals surface area contributed by atoms with Crippen molar-refractivity contribution in [3.63, 3.8) is 0 Å². The minimum atomic E-state index is -0.809. The Morgan fingerprint density at radius 1 is 1.47 bits per heavy atom. The molecule has 17 heavy (non-hydrogen) atoms. The Labute approximate surface area is 102 Å². The Balaban J connectivity index is 2.85. The van der Waals surface area contributed by atoms with Gasteiger partial charge in [0.25, 0.3) is 0 Å². The lowest BCUT2D eigenvalue weighted by Crippen LogP contribution is -2.22. The van der Waals surface area contributed by atoms with Crippen LogP contribution >= 0.6 is 0 Å². The Hall–Kier alpha value is -1.13. The third-order valence-electron chi connectivity index (χ3n) is 2.70. The van der Waals surface area contributed by atoms with E-state index in [9.17, 15) is 9.50 Å². The van der Waals surface area contributed by atoms with E-state index in [1.165, 1.54) is 6.07 Å². The number of rotatable bonds is 6. The summed E-state index contributed by atoms with van der Waals surface area (Å²) in [7, 11) is 3.54. The molecule has 1 aromatic carbocycles. The Morgan fingerprint density at radius 3 is 2.76 bits per heavy atom. The summed E-state index contributed by atoms with van der Waals surface area (Å²) in [5, 5.41) is 9.61. The predicted molar refractivity (Wildman–Crippen MR) is 66.8 cm³/mol. The molecule has 0 aliphatic rings. The number of aliphatic hydroxyl groups is 1. The second kappa shape index (κ2) is 6.57. The van der Waals surface area contributed by atoms with Crippen LogP contribution in [0.5, 0.6) is 0 Å². The summed E-state index contributed by atoms with van der Waals surface area (Å²) in [6, 6.07) is 4.84. The highest BCUT2D eigenvalue weighted by Gasteiger charge is 2.15. The van der Waals surface area contributed by atoms with Crippen LogP contribution in [0.25, 0.3) is 0 Å². The van der Waals surface area contributed by atoms with Crippen LogP contribution in [-0.4, -0.2) is 32.4 Å². The van der Waals surface area contributed by atoms with Gasteiger partial charge in [0.15, 0.2) is 0 Å². The normalized spacial score (nSPS) is 12.5. The SMILES string of the molecule is COCCCN(C)c1cccc(F)c1C(C)O. The second-order valence-corrected chi connectivity index (χ2v) is 4.12. The fourth-order valence-electron chi connectivity index (χ4n) is 1.84. The van der Waals surface area contributed by atoms with Crippen LogP contribution in [0.4, 0.5) is 10.1 Å². The zero-order valence-corrected chi connectivity index (χ0v) is 10.6. The zero-order chi connectivity index (χ0) is 12.8. The van der Waals surface area contributed by atoms with Crippen LogP contribution in [0.3, 0.4) is 0 Å². The Kier molecular flexibility index (Phi) is 5.38. The summed E-state index contributed by atoms with van der Waals surface area (Å²) < 4.78 is 18.6. The zero-order valence-electron chi connectivity index (χ0n) is 10.6. The van der Waals surface area contributed by atoms with Gasteiger partial charge in [-0.3, -0.25) is 0 Å². The highest BCUT2D eigenvalue weighted by molar-refractivity contribution is 5.54. The predicted octanol–water partition coefficient (Wildman–Crippen LogP) is 2.35. The summed E-state index contributed by atoms with van der Waals surface area (Å²) in [6.07, 6.45) is 0.0547.